The molecule has 9 heteroatoms. The Balaban J connectivity index is 1.66. The van der Waals surface area contributed by atoms with Gasteiger partial charge in [0.2, 0.25) is 0 Å². The number of aryl methyl sites for hydroxylation is 1. The molecule has 0 spiro atoms. The van der Waals surface area contributed by atoms with Crippen LogP contribution in [0, 0.1) is 0 Å². The van der Waals surface area contributed by atoms with E-state index in [2.05, 4.69) is 5.32 Å². The highest BCUT2D eigenvalue weighted by Crippen LogP contribution is 2.36. The van der Waals surface area contributed by atoms with Gasteiger partial charge in [0, 0.05) is 12.0 Å². The Bertz CT molecular complexity index is 862. The van der Waals surface area contributed by atoms with E-state index in [1.54, 1.807) is 6.07 Å². The van der Waals surface area contributed by atoms with Gasteiger partial charge in [0.15, 0.2) is 0 Å². The van der Waals surface area contributed by atoms with Gasteiger partial charge in [0.05, 0.1) is 24.1 Å². The van der Waals surface area contributed by atoms with Crippen LogP contribution in [0.25, 0.3) is 0 Å². The van der Waals surface area contributed by atoms with Gasteiger partial charge < -0.3 is 20.2 Å². The van der Waals surface area contributed by atoms with Crippen LogP contribution in [-0.4, -0.2) is 23.5 Å². The van der Waals surface area contributed by atoms with Crippen LogP contribution in [0.15, 0.2) is 41.0 Å². The molecule has 0 saturated carbocycles. The predicted molar refractivity (Wildman–Crippen MR) is 88.6 cm³/mol. The summed E-state index contributed by atoms with van der Waals surface area (Å²) in [4.78, 5) is 24.0. The smallest absolute Gasteiger partial charge is 0.418 e. The number of anilines is 1. The molecule has 1 unspecified atom stereocenters. The van der Waals surface area contributed by atoms with E-state index >= 15 is 0 Å². The van der Waals surface area contributed by atoms with E-state index in [-0.39, 0.29) is 6.54 Å². The molecule has 1 heterocycles. The number of fused-ring (bicyclic) bond motifs is 1. The summed E-state index contributed by atoms with van der Waals surface area (Å²) in [7, 11) is 0. The highest BCUT2D eigenvalue weighted by atomic mass is 19.4. The molecule has 27 heavy (non-hydrogen) atoms. The summed E-state index contributed by atoms with van der Waals surface area (Å²) in [6.45, 7) is -0.257. The van der Waals surface area contributed by atoms with Gasteiger partial charge in [-0.1, -0.05) is 12.1 Å². The number of alkyl halides is 3. The quantitative estimate of drug-likeness (QED) is 0.712. The zero-order valence-electron chi connectivity index (χ0n) is 14.1. The standard InChI is InChI=1S/C18H17F3N2O4/c19-18(20,21)11-4-1-2-5-13(11)23-16(25)15(24)22-10-17(26)8-3-6-14-12(17)7-9-27-14/h1-2,4-5,7,9,26H,3,6,8,10H2,(H,22,24)(H,23,25). The fourth-order valence-electron chi connectivity index (χ4n) is 3.13. The lowest BCUT2D eigenvalue weighted by molar-refractivity contribution is -0.138. The lowest BCUT2D eigenvalue weighted by atomic mass is 9.83. The number of carbonyl (C=O) groups excluding carboxylic acids is 2. The molecule has 3 rings (SSSR count). The number of hydrogen-bond acceptors (Lipinski definition) is 4. The first-order chi connectivity index (χ1) is 12.7. The Hall–Kier alpha value is -2.81. The third-order valence-electron chi connectivity index (χ3n) is 4.47. The van der Waals surface area contributed by atoms with Gasteiger partial charge in [-0.15, -0.1) is 0 Å². The van der Waals surface area contributed by atoms with Crippen LogP contribution in [-0.2, 0) is 27.8 Å². The van der Waals surface area contributed by atoms with Crippen molar-refractivity contribution in [3.8, 4) is 0 Å². The van der Waals surface area contributed by atoms with Gasteiger partial charge in [-0.25, -0.2) is 0 Å². The van der Waals surface area contributed by atoms with Gasteiger partial charge in [0.25, 0.3) is 0 Å². The molecule has 6 nitrogen and oxygen atoms in total. The molecule has 1 atom stereocenters. The van der Waals surface area contributed by atoms with E-state index < -0.39 is 34.8 Å². The summed E-state index contributed by atoms with van der Waals surface area (Å²) in [6, 6.07) is 5.95. The normalized spacial score (nSPS) is 19.3. The third kappa shape index (κ3) is 3.97. The first kappa shape index (κ1) is 19.0. The summed E-state index contributed by atoms with van der Waals surface area (Å²) < 4.78 is 44.1. The van der Waals surface area contributed by atoms with Crippen molar-refractivity contribution in [3.63, 3.8) is 0 Å². The van der Waals surface area contributed by atoms with Crippen molar-refractivity contribution < 1.29 is 32.3 Å². The Labute approximate surface area is 152 Å². The minimum absolute atomic E-state index is 0.257. The zero-order chi connectivity index (χ0) is 19.7. The van der Waals surface area contributed by atoms with E-state index in [4.69, 9.17) is 4.42 Å². The highest BCUT2D eigenvalue weighted by Gasteiger charge is 2.37. The van der Waals surface area contributed by atoms with E-state index in [0.29, 0.717) is 30.6 Å². The van der Waals surface area contributed by atoms with Crippen LogP contribution < -0.4 is 10.6 Å². The third-order valence-corrected chi connectivity index (χ3v) is 4.47. The molecule has 1 aromatic carbocycles. The SMILES string of the molecule is O=C(NCC1(O)CCCc2occc21)C(=O)Nc1ccccc1C(F)(F)F. The van der Waals surface area contributed by atoms with Gasteiger partial charge in [-0.3, -0.25) is 9.59 Å². The molecule has 0 aliphatic heterocycles. The second-order valence-corrected chi connectivity index (χ2v) is 6.32. The lowest BCUT2D eigenvalue weighted by Gasteiger charge is -2.31. The van der Waals surface area contributed by atoms with Gasteiger partial charge in [0.1, 0.15) is 11.4 Å². The highest BCUT2D eigenvalue weighted by molar-refractivity contribution is 6.39. The molecular formula is C18H17F3N2O4. The van der Waals surface area contributed by atoms with Gasteiger partial charge >= 0.3 is 18.0 Å². The Kier molecular flexibility index (Phi) is 4.97. The number of amides is 2. The lowest BCUT2D eigenvalue weighted by Crippen LogP contribution is -2.45. The van der Waals surface area contributed by atoms with Crippen LogP contribution in [0.1, 0.15) is 29.7 Å². The summed E-state index contributed by atoms with van der Waals surface area (Å²) in [5.74, 6) is -1.78. The molecule has 0 bridgehead atoms. The summed E-state index contributed by atoms with van der Waals surface area (Å²) >= 11 is 0. The fourth-order valence-corrected chi connectivity index (χ4v) is 3.13. The molecule has 144 valence electrons. The second-order valence-electron chi connectivity index (χ2n) is 6.32. The Morgan fingerprint density at radius 2 is 1.93 bits per heavy atom. The molecule has 1 aliphatic rings. The molecule has 3 N–H and O–H groups in total. The molecule has 0 saturated heterocycles. The average molecular weight is 382 g/mol. The topological polar surface area (TPSA) is 91.6 Å². The van der Waals surface area contributed by atoms with Crippen LogP contribution in [0.4, 0.5) is 18.9 Å². The first-order valence-corrected chi connectivity index (χ1v) is 8.25. The number of furan rings is 1. The van der Waals surface area contributed by atoms with Crippen molar-refractivity contribution in [3.05, 3.63) is 53.5 Å². The molecule has 0 radical (unpaired) electrons. The number of carbonyl (C=O) groups is 2. The molecule has 1 aromatic heterocycles. The minimum Gasteiger partial charge on any atom is -0.469 e. The summed E-state index contributed by atoms with van der Waals surface area (Å²) in [5.41, 5.74) is -2.42. The molecule has 0 fully saturated rings. The Morgan fingerprint density at radius 1 is 1.19 bits per heavy atom. The minimum atomic E-state index is -4.67. The average Bonchev–Trinajstić information content (AvgIpc) is 3.10. The van der Waals surface area contributed by atoms with Crippen molar-refractivity contribution in [2.45, 2.75) is 31.0 Å². The second kappa shape index (κ2) is 7.07. The largest absolute Gasteiger partial charge is 0.469 e. The van der Waals surface area contributed by atoms with Gasteiger partial charge in [-0.2, -0.15) is 13.2 Å². The van der Waals surface area contributed by atoms with E-state index in [0.717, 1.165) is 12.1 Å². The number of halogens is 3. The van der Waals surface area contributed by atoms with Crippen molar-refractivity contribution in [1.29, 1.82) is 0 Å². The number of hydrogen-bond donors (Lipinski definition) is 3. The number of aliphatic hydroxyl groups is 1. The molecule has 2 amide bonds. The van der Waals surface area contributed by atoms with E-state index in [9.17, 15) is 27.9 Å². The Morgan fingerprint density at radius 3 is 2.67 bits per heavy atom. The van der Waals surface area contributed by atoms with Crippen molar-refractivity contribution in [2.75, 3.05) is 11.9 Å². The zero-order valence-corrected chi connectivity index (χ0v) is 14.1. The molecular weight excluding hydrogens is 365 g/mol. The fraction of sp³-hybridized carbons (Fsp3) is 0.333. The number of nitrogens with one attached hydrogen (secondary N) is 2. The number of rotatable bonds is 3. The van der Waals surface area contributed by atoms with Crippen molar-refractivity contribution in [1.82, 2.24) is 5.32 Å². The number of benzene rings is 1. The number of para-hydroxylation sites is 1. The predicted octanol–water partition coefficient (Wildman–Crippen LogP) is 2.58. The maximum absolute atomic E-state index is 13.0. The monoisotopic (exact) mass is 382 g/mol. The maximum atomic E-state index is 13.0. The van der Waals surface area contributed by atoms with Crippen LogP contribution in [0.3, 0.4) is 0 Å². The van der Waals surface area contributed by atoms with Crippen LogP contribution >= 0.6 is 0 Å². The van der Waals surface area contributed by atoms with E-state index in [1.165, 1.54) is 18.4 Å². The summed E-state index contributed by atoms with van der Waals surface area (Å²) in [6.07, 6.45) is -1.58. The first-order valence-electron chi connectivity index (χ1n) is 8.25. The van der Waals surface area contributed by atoms with Crippen molar-refractivity contribution >= 4 is 17.5 Å². The van der Waals surface area contributed by atoms with Crippen molar-refractivity contribution in [2.24, 2.45) is 0 Å². The van der Waals surface area contributed by atoms with Gasteiger partial charge in [-0.05, 0) is 31.0 Å². The molecule has 1 aliphatic carbocycles. The maximum Gasteiger partial charge on any atom is 0.418 e. The van der Waals surface area contributed by atoms with E-state index in [1.807, 2.05) is 5.32 Å². The van der Waals surface area contributed by atoms with Crippen LogP contribution in [0.5, 0.6) is 0 Å². The molecule has 2 aromatic rings. The summed E-state index contributed by atoms with van der Waals surface area (Å²) in [5, 5.41) is 15.0. The van der Waals surface area contributed by atoms with Crippen LogP contribution in [0.2, 0.25) is 0 Å².